The molecule has 2 aromatic rings. The summed E-state index contributed by atoms with van der Waals surface area (Å²) < 4.78 is 5.55. The number of ketones is 1. The molecule has 0 aliphatic heterocycles. The van der Waals surface area contributed by atoms with Gasteiger partial charge in [-0.1, -0.05) is 17.7 Å². The highest BCUT2D eigenvalue weighted by molar-refractivity contribution is 6.32. The van der Waals surface area contributed by atoms with E-state index >= 15 is 0 Å². The Morgan fingerprint density at radius 3 is 2.59 bits per heavy atom. The molecule has 0 fully saturated rings. The fraction of sp³-hybridized carbons (Fsp3) is 0.238. The highest BCUT2D eigenvalue weighted by Gasteiger charge is 2.30. The fourth-order valence-electron chi connectivity index (χ4n) is 2.91. The van der Waals surface area contributed by atoms with Gasteiger partial charge in [-0.25, -0.2) is 4.79 Å². The summed E-state index contributed by atoms with van der Waals surface area (Å²) in [5.41, 5.74) is 1.46. The minimum atomic E-state index is -1.35. The number of allylic oxidation sites excluding steroid dienone is 1. The van der Waals surface area contributed by atoms with Crippen LogP contribution < -0.4 is 4.74 Å². The monoisotopic (exact) mass is 386 g/mol. The number of carboxylic acid groups (broad SMARTS) is 1. The topological polar surface area (TPSA) is 83.8 Å². The molecule has 140 valence electrons. The molecule has 0 amide bonds. The number of halogens is 1. The van der Waals surface area contributed by atoms with Crippen molar-refractivity contribution in [3.63, 3.8) is 0 Å². The van der Waals surface area contributed by atoms with Crippen LogP contribution in [0.5, 0.6) is 11.5 Å². The van der Waals surface area contributed by atoms with E-state index in [1.807, 2.05) is 0 Å². The van der Waals surface area contributed by atoms with Crippen molar-refractivity contribution in [1.82, 2.24) is 0 Å². The Bertz CT molecular complexity index is 959. The van der Waals surface area contributed by atoms with Gasteiger partial charge in [0.1, 0.15) is 11.5 Å². The molecule has 5 nitrogen and oxygen atoms in total. The SMILES string of the molecule is CC(C)(Oc1ccc2c(c1)CCC(=Cc1ccc(O)c(Cl)c1)C2=O)C(=O)O. The lowest BCUT2D eigenvalue weighted by molar-refractivity contribution is -0.152. The summed E-state index contributed by atoms with van der Waals surface area (Å²) >= 11 is 5.92. The average Bonchev–Trinajstić information content (AvgIpc) is 2.60. The fourth-order valence-corrected chi connectivity index (χ4v) is 3.10. The van der Waals surface area contributed by atoms with Gasteiger partial charge in [0.15, 0.2) is 11.4 Å². The van der Waals surface area contributed by atoms with Gasteiger partial charge in [-0.2, -0.15) is 0 Å². The van der Waals surface area contributed by atoms with Crippen molar-refractivity contribution >= 4 is 29.4 Å². The predicted molar refractivity (Wildman–Crippen MR) is 103 cm³/mol. The lowest BCUT2D eigenvalue weighted by atomic mass is 9.86. The summed E-state index contributed by atoms with van der Waals surface area (Å²) in [6, 6.07) is 9.80. The maximum atomic E-state index is 12.8. The molecular formula is C21H19ClO5. The molecule has 0 atom stereocenters. The summed E-state index contributed by atoms with van der Waals surface area (Å²) in [5.74, 6) is -0.721. The number of aromatic hydroxyl groups is 1. The van der Waals surface area contributed by atoms with E-state index in [-0.39, 0.29) is 16.6 Å². The van der Waals surface area contributed by atoms with E-state index in [0.717, 1.165) is 11.1 Å². The predicted octanol–water partition coefficient (Wildman–Crippen LogP) is 4.50. The number of hydrogen-bond donors (Lipinski definition) is 2. The molecule has 0 unspecified atom stereocenters. The van der Waals surface area contributed by atoms with Gasteiger partial charge in [0, 0.05) is 11.1 Å². The maximum absolute atomic E-state index is 12.8. The molecule has 0 heterocycles. The first-order valence-corrected chi connectivity index (χ1v) is 8.84. The van der Waals surface area contributed by atoms with E-state index in [9.17, 15) is 19.8 Å². The van der Waals surface area contributed by atoms with Crippen LogP contribution in [0.3, 0.4) is 0 Å². The first-order valence-electron chi connectivity index (χ1n) is 8.46. The number of aryl methyl sites for hydroxylation is 1. The normalized spacial score (nSPS) is 15.5. The number of rotatable bonds is 4. The van der Waals surface area contributed by atoms with E-state index in [0.29, 0.717) is 29.7 Å². The molecule has 0 saturated heterocycles. The second-order valence-corrected chi connectivity index (χ2v) is 7.35. The molecule has 2 aromatic carbocycles. The number of carbonyl (C=O) groups excluding carboxylic acids is 1. The zero-order chi connectivity index (χ0) is 19.8. The summed E-state index contributed by atoms with van der Waals surface area (Å²) in [6.07, 6.45) is 2.97. The van der Waals surface area contributed by atoms with Gasteiger partial charge < -0.3 is 14.9 Å². The van der Waals surface area contributed by atoms with Crippen LogP contribution in [0.1, 0.15) is 41.8 Å². The molecule has 2 N–H and O–H groups in total. The van der Waals surface area contributed by atoms with E-state index in [4.69, 9.17) is 16.3 Å². The highest BCUT2D eigenvalue weighted by Crippen LogP contribution is 2.32. The highest BCUT2D eigenvalue weighted by atomic mass is 35.5. The van der Waals surface area contributed by atoms with Crippen molar-refractivity contribution in [3.05, 3.63) is 63.7 Å². The van der Waals surface area contributed by atoms with Crippen molar-refractivity contribution < 1.29 is 24.5 Å². The van der Waals surface area contributed by atoms with E-state index in [2.05, 4.69) is 0 Å². The minimum absolute atomic E-state index is 0.00375. The molecule has 27 heavy (non-hydrogen) atoms. The molecule has 6 heteroatoms. The maximum Gasteiger partial charge on any atom is 0.347 e. The lowest BCUT2D eigenvalue weighted by Gasteiger charge is -2.23. The first-order chi connectivity index (χ1) is 12.7. The van der Waals surface area contributed by atoms with Crippen LogP contribution in [-0.4, -0.2) is 27.6 Å². The van der Waals surface area contributed by atoms with Crippen LogP contribution >= 0.6 is 11.6 Å². The van der Waals surface area contributed by atoms with Crippen LogP contribution in [0.4, 0.5) is 0 Å². The number of carboxylic acids is 1. The van der Waals surface area contributed by atoms with Crippen LogP contribution in [0.15, 0.2) is 42.0 Å². The quantitative estimate of drug-likeness (QED) is 0.756. The summed E-state index contributed by atoms with van der Waals surface area (Å²) in [5, 5.41) is 18.9. The number of hydrogen-bond acceptors (Lipinski definition) is 4. The molecule has 0 aromatic heterocycles. The second-order valence-electron chi connectivity index (χ2n) is 6.95. The van der Waals surface area contributed by atoms with Crippen molar-refractivity contribution in [2.24, 2.45) is 0 Å². The Morgan fingerprint density at radius 1 is 1.19 bits per heavy atom. The molecular weight excluding hydrogens is 368 g/mol. The van der Waals surface area contributed by atoms with Gasteiger partial charge in [0.25, 0.3) is 0 Å². The van der Waals surface area contributed by atoms with E-state index < -0.39 is 11.6 Å². The number of benzene rings is 2. The van der Waals surface area contributed by atoms with Crippen molar-refractivity contribution in [1.29, 1.82) is 0 Å². The Balaban J connectivity index is 1.86. The van der Waals surface area contributed by atoms with Crippen LogP contribution in [0.2, 0.25) is 5.02 Å². The van der Waals surface area contributed by atoms with Gasteiger partial charge in [0.2, 0.25) is 0 Å². The molecule has 0 saturated carbocycles. The Labute approximate surface area is 161 Å². The molecule has 1 aliphatic rings. The first kappa shape index (κ1) is 19.0. The molecule has 0 spiro atoms. The zero-order valence-corrected chi connectivity index (χ0v) is 15.7. The van der Waals surface area contributed by atoms with Crippen LogP contribution in [-0.2, 0) is 11.2 Å². The van der Waals surface area contributed by atoms with Crippen molar-refractivity contribution in [3.8, 4) is 11.5 Å². The number of Topliss-reactive ketones (excluding diaryl/α,β-unsaturated/α-hetero) is 1. The van der Waals surface area contributed by atoms with Gasteiger partial charge in [-0.15, -0.1) is 0 Å². The largest absolute Gasteiger partial charge is 0.506 e. The standard InChI is InChI=1S/C21H19ClO5/c1-21(2,20(25)26)27-15-6-7-16-13(11-15)4-5-14(19(16)24)9-12-3-8-18(23)17(22)10-12/h3,6-11,23H,4-5H2,1-2H3,(H,25,26). The second kappa shape index (κ2) is 7.08. The van der Waals surface area contributed by atoms with E-state index in [1.165, 1.54) is 19.9 Å². The number of phenols is 1. The van der Waals surface area contributed by atoms with Crippen LogP contribution in [0, 0.1) is 0 Å². The average molecular weight is 387 g/mol. The van der Waals surface area contributed by atoms with Gasteiger partial charge >= 0.3 is 5.97 Å². The smallest absolute Gasteiger partial charge is 0.347 e. The van der Waals surface area contributed by atoms with Gasteiger partial charge in [-0.05, 0) is 74.2 Å². The van der Waals surface area contributed by atoms with E-state index in [1.54, 1.807) is 36.4 Å². The van der Waals surface area contributed by atoms with Gasteiger partial charge in [0.05, 0.1) is 5.02 Å². The summed E-state index contributed by atoms with van der Waals surface area (Å²) in [6.45, 7) is 2.95. The third-order valence-corrected chi connectivity index (χ3v) is 4.78. The Hall–Kier alpha value is -2.79. The molecule has 3 rings (SSSR count). The molecule has 0 bridgehead atoms. The summed E-state index contributed by atoms with van der Waals surface area (Å²) in [7, 11) is 0. The zero-order valence-electron chi connectivity index (χ0n) is 15.0. The minimum Gasteiger partial charge on any atom is -0.506 e. The number of aliphatic carboxylic acids is 1. The third-order valence-electron chi connectivity index (χ3n) is 4.48. The molecule has 1 aliphatic carbocycles. The number of phenolic OH excluding ortho intramolecular Hbond substituents is 1. The third kappa shape index (κ3) is 3.98. The van der Waals surface area contributed by atoms with Crippen molar-refractivity contribution in [2.45, 2.75) is 32.3 Å². The summed E-state index contributed by atoms with van der Waals surface area (Å²) in [4.78, 5) is 24.0. The molecule has 0 radical (unpaired) electrons. The van der Waals surface area contributed by atoms with Crippen LogP contribution in [0.25, 0.3) is 6.08 Å². The Morgan fingerprint density at radius 2 is 1.93 bits per heavy atom. The number of ether oxygens (including phenoxy) is 1. The number of carbonyl (C=O) groups is 2. The lowest BCUT2D eigenvalue weighted by Crippen LogP contribution is -2.37. The van der Waals surface area contributed by atoms with Crippen molar-refractivity contribution in [2.75, 3.05) is 0 Å². The number of fused-ring (bicyclic) bond motifs is 1. The Kier molecular flexibility index (Phi) is 4.98. The van der Waals surface area contributed by atoms with Gasteiger partial charge in [-0.3, -0.25) is 4.79 Å².